The molecule has 0 saturated heterocycles. The summed E-state index contributed by atoms with van der Waals surface area (Å²) in [6, 6.07) is 0. The van der Waals surface area contributed by atoms with Crippen LogP contribution in [0, 0.1) is 0 Å². The van der Waals surface area contributed by atoms with E-state index in [0.717, 1.165) is 0 Å². The quantitative estimate of drug-likeness (QED) is 0.0463. The highest BCUT2D eigenvalue weighted by molar-refractivity contribution is 7.81. The molecule has 0 heterocycles. The van der Waals surface area contributed by atoms with Gasteiger partial charge in [-0.1, -0.05) is 0 Å². The fourth-order valence-electron chi connectivity index (χ4n) is 2.46. The van der Waals surface area contributed by atoms with Crippen LogP contribution in [-0.4, -0.2) is 175 Å². The van der Waals surface area contributed by atoms with E-state index in [4.69, 9.17) is 69.3 Å². The van der Waals surface area contributed by atoms with Crippen LogP contribution in [0.5, 0.6) is 0 Å². The van der Waals surface area contributed by atoms with Crippen LogP contribution in [0.1, 0.15) is 0 Å². The molecule has 0 radical (unpaired) electrons. The van der Waals surface area contributed by atoms with Crippen molar-refractivity contribution in [1.29, 1.82) is 0 Å². The highest BCUT2D eigenvalue weighted by Gasteiger charge is 2.21. The van der Waals surface area contributed by atoms with Gasteiger partial charge < -0.3 is 69.3 Å². The van der Waals surface area contributed by atoms with Gasteiger partial charge in [0, 0.05) is 5.25 Å². The first-order valence-corrected chi connectivity index (χ1v) is 12.2. The second-order valence-electron chi connectivity index (χ2n) is 7.85. The summed E-state index contributed by atoms with van der Waals surface area (Å²) in [5.41, 5.74) is 0. The maximum absolute atomic E-state index is 9.16. The summed E-state index contributed by atoms with van der Waals surface area (Å²) in [7, 11) is 0. The largest absolute Gasteiger partial charge is 0.394 e. The molecule has 218 valence electrons. The van der Waals surface area contributed by atoms with Crippen molar-refractivity contribution in [3.63, 3.8) is 0 Å². The number of hydrogen-bond donors (Lipinski definition) is 9. The van der Waals surface area contributed by atoms with Gasteiger partial charge in [0.05, 0.1) is 92.5 Å². The topological polar surface area (TPSA) is 217 Å². The number of ether oxygens (including phenoxy) is 6. The van der Waals surface area contributed by atoms with Crippen LogP contribution in [0.2, 0.25) is 0 Å². The van der Waals surface area contributed by atoms with Crippen LogP contribution in [0.4, 0.5) is 0 Å². The molecule has 0 aromatic carbocycles. The predicted octanol–water partition coefficient (Wildman–Crippen LogP) is -4.47. The minimum Gasteiger partial charge on any atom is -0.394 e. The minimum atomic E-state index is -0.804. The van der Waals surface area contributed by atoms with Crippen molar-refractivity contribution in [2.24, 2.45) is 0 Å². The van der Waals surface area contributed by atoms with Gasteiger partial charge in [0.1, 0.15) is 36.6 Å². The van der Waals surface area contributed by atoms with E-state index in [-0.39, 0.29) is 39.6 Å². The van der Waals surface area contributed by atoms with Crippen molar-refractivity contribution >= 4 is 12.6 Å². The average molecular weight is 553 g/mol. The van der Waals surface area contributed by atoms with E-state index < -0.39 is 94.7 Å². The molecular weight excluding hydrogens is 508 g/mol. The van der Waals surface area contributed by atoms with Gasteiger partial charge in [-0.15, -0.1) is 0 Å². The molecule has 0 aliphatic rings. The Morgan fingerprint density at radius 3 is 0.722 bits per heavy atom. The second kappa shape index (κ2) is 23.9. The molecule has 0 spiro atoms. The highest BCUT2D eigenvalue weighted by Crippen LogP contribution is 2.08. The Labute approximate surface area is 216 Å². The van der Waals surface area contributed by atoms with Gasteiger partial charge >= 0.3 is 0 Å². The van der Waals surface area contributed by atoms with Crippen molar-refractivity contribution < 1.29 is 69.3 Å². The van der Waals surface area contributed by atoms with Gasteiger partial charge in [-0.25, -0.2) is 0 Å². The molecule has 0 atom stereocenters. The van der Waals surface area contributed by atoms with Crippen LogP contribution in [-0.2, 0) is 28.4 Å². The third-order valence-electron chi connectivity index (χ3n) is 4.75. The Kier molecular flexibility index (Phi) is 23.7. The van der Waals surface area contributed by atoms with E-state index in [1.54, 1.807) is 0 Å². The molecule has 0 amide bonds. The standard InChI is InChI=1S/C21H44O14S/c22-1-15(2-23)30-9-19(10-31-16(3-24)4-25)34-13-21(36)14-35-20(11-32-17(5-26)6-27)12-33-18(7-28)8-29/h15-29,36H,1-14H2. The normalized spacial score (nSPS) is 12.7. The molecular formula is C21H44O14S. The van der Waals surface area contributed by atoms with E-state index in [0.29, 0.717) is 0 Å². The Hall–Kier alpha value is -0.210. The molecule has 8 N–H and O–H groups in total. The molecule has 0 aromatic rings. The second-order valence-corrected chi connectivity index (χ2v) is 8.58. The highest BCUT2D eigenvalue weighted by atomic mass is 32.1. The van der Waals surface area contributed by atoms with Crippen molar-refractivity contribution in [2.45, 2.75) is 41.9 Å². The molecule has 0 unspecified atom stereocenters. The SMILES string of the molecule is OCC(CO)OCC(COC(CO)CO)OCC(S)COC(COC(CO)CO)COC(CO)CO. The molecule has 0 aliphatic carbocycles. The third-order valence-corrected chi connectivity index (χ3v) is 5.05. The lowest BCUT2D eigenvalue weighted by molar-refractivity contribution is -0.124. The zero-order valence-electron chi connectivity index (χ0n) is 20.4. The first-order valence-electron chi connectivity index (χ1n) is 11.6. The van der Waals surface area contributed by atoms with E-state index >= 15 is 0 Å². The van der Waals surface area contributed by atoms with Crippen molar-refractivity contribution in [1.82, 2.24) is 0 Å². The van der Waals surface area contributed by atoms with Gasteiger partial charge in [0.2, 0.25) is 0 Å². The van der Waals surface area contributed by atoms with Gasteiger partial charge in [-0.3, -0.25) is 0 Å². The summed E-state index contributed by atoms with van der Waals surface area (Å²) in [6.07, 6.45) is -4.56. The molecule has 36 heavy (non-hydrogen) atoms. The van der Waals surface area contributed by atoms with Crippen molar-refractivity contribution in [3.05, 3.63) is 0 Å². The first-order chi connectivity index (χ1) is 17.4. The summed E-state index contributed by atoms with van der Waals surface area (Å²) in [6.45, 7) is -3.21. The molecule has 15 heteroatoms. The van der Waals surface area contributed by atoms with E-state index in [2.05, 4.69) is 12.6 Å². The van der Waals surface area contributed by atoms with Crippen LogP contribution >= 0.6 is 12.6 Å². The summed E-state index contributed by atoms with van der Waals surface area (Å²) in [4.78, 5) is 0. The zero-order chi connectivity index (χ0) is 27.2. The fourth-order valence-corrected chi connectivity index (χ4v) is 2.63. The lowest BCUT2D eigenvalue weighted by atomic mass is 10.3. The maximum atomic E-state index is 9.16. The number of hydrogen-bond acceptors (Lipinski definition) is 15. The number of thiol groups is 1. The van der Waals surface area contributed by atoms with Gasteiger partial charge in [-0.05, 0) is 0 Å². The minimum absolute atomic E-state index is 0.0472. The Bertz CT molecular complexity index is 392. The van der Waals surface area contributed by atoms with Crippen LogP contribution < -0.4 is 0 Å². The zero-order valence-corrected chi connectivity index (χ0v) is 21.3. The molecule has 0 aromatic heterocycles. The Morgan fingerprint density at radius 1 is 0.333 bits per heavy atom. The molecule has 0 bridgehead atoms. The van der Waals surface area contributed by atoms with Crippen molar-refractivity contribution in [3.8, 4) is 0 Å². The smallest absolute Gasteiger partial charge is 0.104 e. The monoisotopic (exact) mass is 552 g/mol. The van der Waals surface area contributed by atoms with Crippen LogP contribution in [0.15, 0.2) is 0 Å². The van der Waals surface area contributed by atoms with Gasteiger partial charge in [0.15, 0.2) is 0 Å². The fraction of sp³-hybridized carbons (Fsp3) is 1.00. The molecule has 0 saturated carbocycles. The van der Waals surface area contributed by atoms with E-state index in [9.17, 15) is 0 Å². The molecule has 0 aliphatic heterocycles. The number of aliphatic hydroxyl groups excluding tert-OH is 8. The van der Waals surface area contributed by atoms with Gasteiger partial charge in [-0.2, -0.15) is 12.6 Å². The lowest BCUT2D eigenvalue weighted by Crippen LogP contribution is -2.37. The predicted molar refractivity (Wildman–Crippen MR) is 128 cm³/mol. The maximum Gasteiger partial charge on any atom is 0.104 e. The van der Waals surface area contributed by atoms with Crippen LogP contribution in [0.25, 0.3) is 0 Å². The van der Waals surface area contributed by atoms with E-state index in [1.807, 2.05) is 0 Å². The lowest BCUT2D eigenvalue weighted by Gasteiger charge is -2.25. The first kappa shape index (κ1) is 35.8. The number of rotatable bonds is 26. The summed E-state index contributed by atoms with van der Waals surface area (Å²) in [5, 5.41) is 72.9. The number of aliphatic hydroxyl groups is 8. The molecule has 14 nitrogen and oxygen atoms in total. The summed E-state index contributed by atoms with van der Waals surface area (Å²) < 4.78 is 33.0. The Morgan fingerprint density at radius 2 is 0.528 bits per heavy atom. The molecule has 0 rings (SSSR count). The van der Waals surface area contributed by atoms with Crippen LogP contribution in [0.3, 0.4) is 0 Å². The third kappa shape index (κ3) is 17.3. The summed E-state index contributed by atoms with van der Waals surface area (Å²) >= 11 is 4.43. The molecule has 0 fully saturated rings. The summed E-state index contributed by atoms with van der Waals surface area (Å²) in [5.74, 6) is 0. The van der Waals surface area contributed by atoms with Gasteiger partial charge in [0.25, 0.3) is 0 Å². The average Bonchev–Trinajstić information content (AvgIpc) is 2.91. The van der Waals surface area contributed by atoms with E-state index in [1.165, 1.54) is 0 Å². The van der Waals surface area contributed by atoms with Crippen molar-refractivity contribution in [2.75, 3.05) is 92.5 Å². The Balaban J connectivity index is 4.81.